The lowest BCUT2D eigenvalue weighted by molar-refractivity contribution is -0.117. The second kappa shape index (κ2) is 10.0. The number of ether oxygens (including phenoxy) is 2. The number of methoxy groups -OCH3 is 1. The van der Waals surface area contributed by atoms with E-state index in [1.54, 1.807) is 25.3 Å². The number of halogens is 1. The molecule has 0 unspecified atom stereocenters. The Morgan fingerprint density at radius 1 is 1.19 bits per heavy atom. The largest absolute Gasteiger partial charge is 0.495 e. The Labute approximate surface area is 159 Å². The Morgan fingerprint density at radius 3 is 2.69 bits per heavy atom. The van der Waals surface area contributed by atoms with Crippen molar-refractivity contribution < 1.29 is 14.3 Å². The van der Waals surface area contributed by atoms with Gasteiger partial charge in [-0.2, -0.15) is 0 Å². The molecule has 6 heteroatoms. The summed E-state index contributed by atoms with van der Waals surface area (Å²) in [6.07, 6.45) is 0.832. The minimum atomic E-state index is -0.118. The van der Waals surface area contributed by atoms with Crippen LogP contribution in [0.4, 0.5) is 5.69 Å². The van der Waals surface area contributed by atoms with Gasteiger partial charge in [0.2, 0.25) is 5.91 Å². The van der Waals surface area contributed by atoms with E-state index in [9.17, 15) is 4.79 Å². The van der Waals surface area contributed by atoms with Gasteiger partial charge in [0.1, 0.15) is 11.5 Å². The number of nitrogens with zero attached hydrogens (tertiary/aromatic N) is 1. The molecule has 0 saturated heterocycles. The summed E-state index contributed by atoms with van der Waals surface area (Å²) in [5.41, 5.74) is 1.69. The van der Waals surface area contributed by atoms with Gasteiger partial charge in [-0.15, -0.1) is 0 Å². The lowest BCUT2D eigenvalue weighted by atomic mass is 10.2. The number of aryl methyl sites for hydroxylation is 1. The Bertz CT molecular complexity index is 737. The van der Waals surface area contributed by atoms with Crippen molar-refractivity contribution in [3.63, 3.8) is 0 Å². The average molecular weight is 377 g/mol. The quantitative estimate of drug-likeness (QED) is 0.672. The van der Waals surface area contributed by atoms with Gasteiger partial charge in [0.05, 0.1) is 25.9 Å². The van der Waals surface area contributed by atoms with E-state index in [-0.39, 0.29) is 12.5 Å². The highest BCUT2D eigenvalue weighted by Crippen LogP contribution is 2.27. The molecule has 5 nitrogen and oxygen atoms in total. The normalized spacial score (nSPS) is 10.7. The average Bonchev–Trinajstić information content (AvgIpc) is 2.60. The molecule has 2 aromatic carbocycles. The third kappa shape index (κ3) is 6.24. The van der Waals surface area contributed by atoms with Gasteiger partial charge in [0.25, 0.3) is 0 Å². The summed E-state index contributed by atoms with van der Waals surface area (Å²) in [6, 6.07) is 13.1. The van der Waals surface area contributed by atoms with Crippen LogP contribution in [0.25, 0.3) is 0 Å². The first-order valence-electron chi connectivity index (χ1n) is 8.50. The zero-order valence-corrected chi connectivity index (χ0v) is 16.2. The van der Waals surface area contributed by atoms with Crippen LogP contribution >= 0.6 is 11.6 Å². The SMILES string of the molecule is COc1ccc(Cl)cc1NC(=O)CN(C)CCCOc1ccccc1C. The van der Waals surface area contributed by atoms with Crippen molar-refractivity contribution in [1.29, 1.82) is 0 Å². The molecule has 0 radical (unpaired) electrons. The number of carbonyl (C=O) groups is 1. The maximum atomic E-state index is 12.2. The van der Waals surface area contributed by atoms with Crippen molar-refractivity contribution in [2.45, 2.75) is 13.3 Å². The molecule has 0 atom stereocenters. The maximum absolute atomic E-state index is 12.2. The third-order valence-corrected chi connectivity index (χ3v) is 4.12. The van der Waals surface area contributed by atoms with Gasteiger partial charge in [-0.3, -0.25) is 9.69 Å². The van der Waals surface area contributed by atoms with E-state index in [1.807, 2.05) is 43.1 Å². The molecule has 0 saturated carbocycles. The number of hydrogen-bond acceptors (Lipinski definition) is 4. The van der Waals surface area contributed by atoms with Crippen molar-refractivity contribution >= 4 is 23.2 Å². The summed E-state index contributed by atoms with van der Waals surface area (Å²) in [5.74, 6) is 1.37. The summed E-state index contributed by atoms with van der Waals surface area (Å²) in [7, 11) is 3.46. The first-order chi connectivity index (χ1) is 12.5. The van der Waals surface area contributed by atoms with Gasteiger partial charge in [-0.05, 0) is 50.2 Å². The summed E-state index contributed by atoms with van der Waals surface area (Å²) in [4.78, 5) is 14.2. The van der Waals surface area contributed by atoms with Crippen molar-refractivity contribution in [3.05, 3.63) is 53.1 Å². The molecule has 0 fully saturated rings. The topological polar surface area (TPSA) is 50.8 Å². The molecule has 2 rings (SSSR count). The lowest BCUT2D eigenvalue weighted by Gasteiger charge is -2.17. The molecule has 0 bridgehead atoms. The fourth-order valence-electron chi connectivity index (χ4n) is 2.53. The van der Waals surface area contributed by atoms with Crippen molar-refractivity contribution in [1.82, 2.24) is 4.90 Å². The van der Waals surface area contributed by atoms with E-state index in [0.717, 1.165) is 24.3 Å². The van der Waals surface area contributed by atoms with Crippen LogP contribution in [-0.2, 0) is 4.79 Å². The Morgan fingerprint density at radius 2 is 1.96 bits per heavy atom. The lowest BCUT2D eigenvalue weighted by Crippen LogP contribution is -2.31. The smallest absolute Gasteiger partial charge is 0.238 e. The molecular formula is C20H25ClN2O3. The van der Waals surface area contributed by atoms with E-state index in [2.05, 4.69) is 5.32 Å². The molecule has 2 aromatic rings. The van der Waals surface area contributed by atoms with Crippen molar-refractivity contribution in [3.8, 4) is 11.5 Å². The predicted molar refractivity (Wildman–Crippen MR) is 105 cm³/mol. The molecule has 0 aromatic heterocycles. The first kappa shape index (κ1) is 20.1. The fraction of sp³-hybridized carbons (Fsp3) is 0.350. The van der Waals surface area contributed by atoms with Gasteiger partial charge in [-0.25, -0.2) is 0 Å². The summed E-state index contributed by atoms with van der Waals surface area (Å²) >= 11 is 5.98. The highest BCUT2D eigenvalue weighted by atomic mass is 35.5. The second-order valence-electron chi connectivity index (χ2n) is 6.10. The van der Waals surface area contributed by atoms with Crippen LogP contribution in [0.2, 0.25) is 5.02 Å². The fourth-order valence-corrected chi connectivity index (χ4v) is 2.70. The summed E-state index contributed by atoms with van der Waals surface area (Å²) in [6.45, 7) is 3.67. The van der Waals surface area contributed by atoms with Crippen LogP contribution in [-0.4, -0.2) is 44.7 Å². The standard InChI is InChI=1S/C20H25ClN2O3/c1-15-7-4-5-8-18(15)26-12-6-11-23(2)14-20(24)22-17-13-16(21)9-10-19(17)25-3/h4-5,7-10,13H,6,11-12,14H2,1-3H3,(H,22,24). The van der Waals surface area contributed by atoms with Crippen LogP contribution < -0.4 is 14.8 Å². The number of amides is 1. The maximum Gasteiger partial charge on any atom is 0.238 e. The van der Waals surface area contributed by atoms with E-state index in [1.165, 1.54) is 0 Å². The van der Waals surface area contributed by atoms with Crippen LogP contribution in [0, 0.1) is 6.92 Å². The molecular weight excluding hydrogens is 352 g/mol. The molecule has 0 aliphatic heterocycles. The van der Waals surface area contributed by atoms with Crippen molar-refractivity contribution in [2.75, 3.05) is 39.2 Å². The summed E-state index contributed by atoms with van der Waals surface area (Å²) < 4.78 is 11.0. The van der Waals surface area contributed by atoms with E-state index < -0.39 is 0 Å². The molecule has 1 N–H and O–H groups in total. The minimum absolute atomic E-state index is 0.118. The van der Waals surface area contributed by atoms with Gasteiger partial charge in [-0.1, -0.05) is 29.8 Å². The van der Waals surface area contributed by atoms with Crippen LogP contribution in [0.1, 0.15) is 12.0 Å². The Kier molecular flexibility index (Phi) is 7.75. The molecule has 0 heterocycles. The molecule has 1 amide bonds. The highest BCUT2D eigenvalue weighted by Gasteiger charge is 2.11. The number of anilines is 1. The van der Waals surface area contributed by atoms with Crippen LogP contribution in [0.15, 0.2) is 42.5 Å². The third-order valence-electron chi connectivity index (χ3n) is 3.88. The number of benzene rings is 2. The number of nitrogens with one attached hydrogen (secondary N) is 1. The second-order valence-corrected chi connectivity index (χ2v) is 6.53. The monoisotopic (exact) mass is 376 g/mol. The number of rotatable bonds is 9. The molecule has 26 heavy (non-hydrogen) atoms. The van der Waals surface area contributed by atoms with Gasteiger partial charge in [0.15, 0.2) is 0 Å². The van der Waals surface area contributed by atoms with Gasteiger partial charge >= 0.3 is 0 Å². The van der Waals surface area contributed by atoms with Crippen LogP contribution in [0.5, 0.6) is 11.5 Å². The zero-order chi connectivity index (χ0) is 18.9. The Balaban J connectivity index is 1.74. The van der Waals surface area contributed by atoms with E-state index in [0.29, 0.717) is 23.1 Å². The first-order valence-corrected chi connectivity index (χ1v) is 8.87. The van der Waals surface area contributed by atoms with Gasteiger partial charge < -0.3 is 14.8 Å². The predicted octanol–water partition coefficient (Wildman–Crippen LogP) is 4.00. The van der Waals surface area contributed by atoms with Crippen molar-refractivity contribution in [2.24, 2.45) is 0 Å². The molecule has 0 aliphatic carbocycles. The zero-order valence-electron chi connectivity index (χ0n) is 15.4. The summed E-state index contributed by atoms with van der Waals surface area (Å²) in [5, 5.41) is 3.38. The molecule has 0 spiro atoms. The Hall–Kier alpha value is -2.24. The van der Waals surface area contributed by atoms with E-state index in [4.69, 9.17) is 21.1 Å². The van der Waals surface area contributed by atoms with Gasteiger partial charge in [0, 0.05) is 11.6 Å². The number of carbonyl (C=O) groups excluding carboxylic acids is 1. The number of likely N-dealkylation sites (N-methyl/N-ethyl adjacent to an activating group) is 1. The van der Waals surface area contributed by atoms with E-state index >= 15 is 0 Å². The molecule has 0 aliphatic rings. The number of hydrogen-bond donors (Lipinski definition) is 1. The van der Waals surface area contributed by atoms with Crippen LogP contribution in [0.3, 0.4) is 0 Å². The highest BCUT2D eigenvalue weighted by molar-refractivity contribution is 6.31. The minimum Gasteiger partial charge on any atom is -0.495 e. The molecule has 140 valence electrons. The number of para-hydroxylation sites is 1.